The topological polar surface area (TPSA) is 32.3 Å². The first-order valence-electron chi connectivity index (χ1n) is 3.76. The van der Waals surface area contributed by atoms with Gasteiger partial charge in [0.15, 0.2) is 0 Å². The van der Waals surface area contributed by atoms with Gasteiger partial charge in [-0.25, -0.2) is 4.39 Å². The molecular weight excluding hydrogens is 147 g/mol. The van der Waals surface area contributed by atoms with E-state index in [0.29, 0.717) is 19.4 Å². The summed E-state index contributed by atoms with van der Waals surface area (Å²) in [6, 6.07) is -0.274. The number of nitrogens with zero attached hydrogens (tertiary/aromatic N) is 1. The summed E-state index contributed by atoms with van der Waals surface area (Å²) in [5.74, 6) is 0. The van der Waals surface area contributed by atoms with Crippen molar-refractivity contribution >= 4 is 6.41 Å². The van der Waals surface area contributed by atoms with Crippen LogP contribution in [0.1, 0.15) is 6.42 Å². The van der Waals surface area contributed by atoms with Crippen LogP contribution in [0.25, 0.3) is 0 Å². The molecule has 1 aliphatic heterocycles. The molecule has 1 rings (SSSR count). The average molecular weight is 160 g/mol. The molecule has 1 saturated heterocycles. The third kappa shape index (κ3) is 2.15. The van der Waals surface area contributed by atoms with Crippen molar-refractivity contribution in [2.75, 3.05) is 20.1 Å². The van der Waals surface area contributed by atoms with Gasteiger partial charge in [0.2, 0.25) is 6.41 Å². The average Bonchev–Trinajstić information content (AvgIpc) is 1.95. The number of hydrogen-bond acceptors (Lipinski definition) is 2. The van der Waals surface area contributed by atoms with Crippen LogP contribution in [0.3, 0.4) is 0 Å². The second kappa shape index (κ2) is 3.67. The fourth-order valence-corrected chi connectivity index (χ4v) is 1.33. The molecule has 3 nitrogen and oxygen atoms in total. The smallest absolute Gasteiger partial charge is 0.207 e. The molecule has 64 valence electrons. The third-order valence-electron chi connectivity index (χ3n) is 2.03. The molecule has 0 saturated carbocycles. The number of carbonyl (C=O) groups is 1. The molecular formula is C7H13FN2O. The zero-order valence-corrected chi connectivity index (χ0v) is 6.59. The molecule has 1 heterocycles. The molecule has 0 radical (unpaired) electrons. The molecule has 11 heavy (non-hydrogen) atoms. The van der Waals surface area contributed by atoms with Gasteiger partial charge in [-0.2, -0.15) is 0 Å². The Hall–Kier alpha value is -0.640. The molecule has 4 heteroatoms. The number of carbonyl (C=O) groups excluding carboxylic acids is 1. The number of piperidine rings is 1. The molecule has 1 amide bonds. The Balaban J connectivity index is 2.37. The van der Waals surface area contributed by atoms with E-state index in [4.69, 9.17) is 0 Å². The summed E-state index contributed by atoms with van der Waals surface area (Å²) >= 11 is 0. The molecule has 0 bridgehead atoms. The van der Waals surface area contributed by atoms with Gasteiger partial charge in [0.1, 0.15) is 6.17 Å². The molecule has 0 aromatic heterocycles. The minimum Gasteiger partial charge on any atom is -0.353 e. The van der Waals surface area contributed by atoms with Gasteiger partial charge in [0.25, 0.3) is 0 Å². The highest BCUT2D eigenvalue weighted by atomic mass is 19.1. The van der Waals surface area contributed by atoms with Crippen molar-refractivity contribution < 1.29 is 9.18 Å². The van der Waals surface area contributed by atoms with E-state index in [9.17, 15) is 9.18 Å². The van der Waals surface area contributed by atoms with Crippen molar-refractivity contribution in [3.63, 3.8) is 0 Å². The maximum absolute atomic E-state index is 13.0. The molecule has 1 aliphatic rings. The second-order valence-electron chi connectivity index (χ2n) is 2.96. The maximum Gasteiger partial charge on any atom is 0.207 e. The van der Waals surface area contributed by atoms with Crippen LogP contribution in [0.2, 0.25) is 0 Å². The number of rotatable bonds is 2. The SMILES string of the molecule is CN1CCC(NC=O)C(F)C1. The second-order valence-corrected chi connectivity index (χ2v) is 2.96. The molecule has 1 fully saturated rings. The number of amides is 1. The zero-order valence-electron chi connectivity index (χ0n) is 6.59. The van der Waals surface area contributed by atoms with Crippen LogP contribution in [0.4, 0.5) is 4.39 Å². The number of nitrogens with one attached hydrogen (secondary N) is 1. The van der Waals surface area contributed by atoms with Crippen LogP contribution in [0.5, 0.6) is 0 Å². The van der Waals surface area contributed by atoms with Crippen LogP contribution in [-0.2, 0) is 4.79 Å². The highest BCUT2D eigenvalue weighted by Gasteiger charge is 2.26. The molecule has 0 aromatic rings. The minimum atomic E-state index is -0.918. The molecule has 0 spiro atoms. The van der Waals surface area contributed by atoms with Gasteiger partial charge in [-0.3, -0.25) is 4.79 Å². The first-order chi connectivity index (χ1) is 5.24. The first kappa shape index (κ1) is 8.46. The summed E-state index contributed by atoms with van der Waals surface area (Å²) < 4.78 is 13.0. The summed E-state index contributed by atoms with van der Waals surface area (Å²) in [4.78, 5) is 11.9. The monoisotopic (exact) mass is 160 g/mol. The summed E-state index contributed by atoms with van der Waals surface area (Å²) in [6.45, 7) is 1.28. The molecule has 1 N–H and O–H groups in total. The number of alkyl halides is 1. The number of likely N-dealkylation sites (tertiary alicyclic amines) is 1. The Morgan fingerprint density at radius 1 is 1.73 bits per heavy atom. The zero-order chi connectivity index (χ0) is 8.27. The summed E-state index contributed by atoms with van der Waals surface area (Å²) in [7, 11) is 1.88. The lowest BCUT2D eigenvalue weighted by Crippen LogP contribution is -2.49. The van der Waals surface area contributed by atoms with Crippen LogP contribution < -0.4 is 5.32 Å². The fraction of sp³-hybridized carbons (Fsp3) is 0.857. The first-order valence-corrected chi connectivity index (χ1v) is 3.76. The van der Waals surface area contributed by atoms with Gasteiger partial charge in [-0.05, 0) is 13.5 Å². The molecule has 0 aromatic carbocycles. The van der Waals surface area contributed by atoms with Crippen LogP contribution in [-0.4, -0.2) is 43.7 Å². The van der Waals surface area contributed by atoms with Crippen molar-refractivity contribution in [2.24, 2.45) is 0 Å². The summed E-state index contributed by atoms with van der Waals surface area (Å²) in [5.41, 5.74) is 0. The third-order valence-corrected chi connectivity index (χ3v) is 2.03. The minimum absolute atomic E-state index is 0.274. The van der Waals surface area contributed by atoms with E-state index in [0.717, 1.165) is 6.54 Å². The van der Waals surface area contributed by atoms with E-state index in [1.165, 1.54) is 0 Å². The maximum atomic E-state index is 13.0. The summed E-state index contributed by atoms with van der Waals surface area (Å²) in [6.07, 6.45) is 0.359. The standard InChI is InChI=1S/C7H13FN2O/c1-10-3-2-7(9-5-11)6(8)4-10/h5-7H,2-4H2,1H3,(H,9,11). The van der Waals surface area contributed by atoms with E-state index in [1.54, 1.807) is 0 Å². The van der Waals surface area contributed by atoms with Crippen molar-refractivity contribution in [3.8, 4) is 0 Å². The lowest BCUT2D eigenvalue weighted by atomic mass is 10.0. The fourth-order valence-electron chi connectivity index (χ4n) is 1.33. The Morgan fingerprint density at radius 3 is 3.00 bits per heavy atom. The Labute approximate surface area is 65.6 Å². The highest BCUT2D eigenvalue weighted by molar-refractivity contribution is 5.46. The largest absolute Gasteiger partial charge is 0.353 e. The van der Waals surface area contributed by atoms with Crippen molar-refractivity contribution in [2.45, 2.75) is 18.6 Å². The van der Waals surface area contributed by atoms with Gasteiger partial charge in [0.05, 0.1) is 6.04 Å². The van der Waals surface area contributed by atoms with Crippen LogP contribution in [0, 0.1) is 0 Å². The molecule has 2 unspecified atom stereocenters. The predicted octanol–water partition coefficient (Wildman–Crippen LogP) is -0.225. The number of hydrogen-bond donors (Lipinski definition) is 1. The van der Waals surface area contributed by atoms with Gasteiger partial charge < -0.3 is 10.2 Å². The summed E-state index contributed by atoms with van der Waals surface area (Å²) in [5, 5.41) is 2.47. The van der Waals surface area contributed by atoms with Crippen molar-refractivity contribution in [1.82, 2.24) is 10.2 Å². The Morgan fingerprint density at radius 2 is 2.45 bits per heavy atom. The van der Waals surface area contributed by atoms with Crippen LogP contribution >= 0.6 is 0 Å². The van der Waals surface area contributed by atoms with E-state index in [1.807, 2.05) is 11.9 Å². The lowest BCUT2D eigenvalue weighted by Gasteiger charge is -2.31. The highest BCUT2D eigenvalue weighted by Crippen LogP contribution is 2.11. The normalized spacial score (nSPS) is 33.3. The quantitative estimate of drug-likeness (QED) is 0.566. The van der Waals surface area contributed by atoms with Crippen molar-refractivity contribution in [3.05, 3.63) is 0 Å². The van der Waals surface area contributed by atoms with E-state index >= 15 is 0 Å². The molecule has 2 atom stereocenters. The van der Waals surface area contributed by atoms with E-state index in [-0.39, 0.29) is 6.04 Å². The van der Waals surface area contributed by atoms with E-state index in [2.05, 4.69) is 5.32 Å². The van der Waals surface area contributed by atoms with Crippen molar-refractivity contribution in [1.29, 1.82) is 0 Å². The molecule has 0 aliphatic carbocycles. The lowest BCUT2D eigenvalue weighted by molar-refractivity contribution is -0.111. The number of halogens is 1. The van der Waals surface area contributed by atoms with E-state index < -0.39 is 6.17 Å². The van der Waals surface area contributed by atoms with Gasteiger partial charge in [-0.15, -0.1) is 0 Å². The van der Waals surface area contributed by atoms with Gasteiger partial charge in [0, 0.05) is 13.1 Å². The van der Waals surface area contributed by atoms with Gasteiger partial charge in [-0.1, -0.05) is 0 Å². The van der Waals surface area contributed by atoms with Gasteiger partial charge >= 0.3 is 0 Å². The van der Waals surface area contributed by atoms with Crippen LogP contribution in [0.15, 0.2) is 0 Å². The predicted molar refractivity (Wildman–Crippen MR) is 40.0 cm³/mol. The Kier molecular flexibility index (Phi) is 2.82. The Bertz CT molecular complexity index is 142.